The number of carboxylic acid groups (broad SMARTS) is 1. The van der Waals surface area contributed by atoms with Gasteiger partial charge in [-0.25, -0.2) is 4.98 Å². The summed E-state index contributed by atoms with van der Waals surface area (Å²) in [7, 11) is 0. The van der Waals surface area contributed by atoms with Gasteiger partial charge in [0.2, 0.25) is 0 Å². The minimum atomic E-state index is -0.696. The van der Waals surface area contributed by atoms with Crippen molar-refractivity contribution in [1.82, 2.24) is 9.88 Å². The number of fused-ring (bicyclic) bond motifs is 1. The minimum Gasteiger partial charge on any atom is -0.484 e. The van der Waals surface area contributed by atoms with E-state index in [4.69, 9.17) is 9.47 Å². The molecular weight excluding hydrogens is 368 g/mol. The summed E-state index contributed by atoms with van der Waals surface area (Å²) in [5, 5.41) is 9.45. The van der Waals surface area contributed by atoms with Gasteiger partial charge in [-0.1, -0.05) is 24.3 Å². The van der Waals surface area contributed by atoms with E-state index in [0.29, 0.717) is 18.2 Å². The molecule has 1 saturated heterocycles. The highest BCUT2D eigenvalue weighted by Crippen LogP contribution is 2.36. The fourth-order valence-electron chi connectivity index (χ4n) is 4.16. The highest BCUT2D eigenvalue weighted by molar-refractivity contribution is 5.74. The first kappa shape index (κ1) is 19.7. The van der Waals surface area contributed by atoms with Crippen LogP contribution in [0.5, 0.6) is 11.6 Å². The first-order valence-corrected chi connectivity index (χ1v) is 10.2. The van der Waals surface area contributed by atoms with Crippen LogP contribution in [0.2, 0.25) is 0 Å². The Morgan fingerprint density at radius 1 is 1.21 bits per heavy atom. The van der Waals surface area contributed by atoms with Crippen LogP contribution in [0.25, 0.3) is 0 Å². The highest BCUT2D eigenvalue weighted by Gasteiger charge is 2.38. The first-order chi connectivity index (χ1) is 13.9. The largest absolute Gasteiger partial charge is 0.484 e. The lowest BCUT2D eigenvalue weighted by atomic mass is 9.74. The molecule has 1 N–H and O–H groups in total. The van der Waals surface area contributed by atoms with E-state index in [9.17, 15) is 9.90 Å². The molecule has 0 aliphatic carbocycles. The van der Waals surface area contributed by atoms with Gasteiger partial charge in [0, 0.05) is 12.7 Å². The van der Waals surface area contributed by atoms with E-state index in [1.807, 2.05) is 26.0 Å². The van der Waals surface area contributed by atoms with Crippen molar-refractivity contribution in [3.63, 3.8) is 0 Å². The molecule has 0 spiro atoms. The fourth-order valence-corrected chi connectivity index (χ4v) is 4.16. The van der Waals surface area contributed by atoms with Crippen molar-refractivity contribution in [2.75, 3.05) is 19.7 Å². The van der Waals surface area contributed by atoms with Crippen LogP contribution in [0.4, 0.5) is 0 Å². The summed E-state index contributed by atoms with van der Waals surface area (Å²) in [4.78, 5) is 18.1. The molecule has 6 heteroatoms. The summed E-state index contributed by atoms with van der Waals surface area (Å²) >= 11 is 0. The standard InChI is InChI=1S/C23H28N2O4/c1-23(2,22(26)27)18-9-12-25(13-10-18)14-16-5-7-17(8-6-16)20-15-28-19-4-3-11-24-21(19)29-20/h3-8,11,18,20H,9-10,12-15H2,1-2H3,(H,26,27). The van der Waals surface area contributed by atoms with Crippen molar-refractivity contribution in [1.29, 1.82) is 0 Å². The van der Waals surface area contributed by atoms with Crippen molar-refractivity contribution < 1.29 is 19.4 Å². The SMILES string of the molecule is CC(C)(C(=O)O)C1CCN(Cc2ccc(C3COc4cccnc4O3)cc2)CC1. The van der Waals surface area contributed by atoms with E-state index in [1.165, 1.54) is 5.56 Å². The van der Waals surface area contributed by atoms with E-state index < -0.39 is 11.4 Å². The average molecular weight is 396 g/mol. The number of benzene rings is 1. The summed E-state index contributed by atoms with van der Waals surface area (Å²) in [5.74, 6) is 0.770. The Kier molecular flexibility index (Phi) is 5.46. The summed E-state index contributed by atoms with van der Waals surface area (Å²) in [6, 6.07) is 12.2. The molecule has 2 aliphatic heterocycles. The number of carbonyl (C=O) groups is 1. The van der Waals surface area contributed by atoms with E-state index >= 15 is 0 Å². The van der Waals surface area contributed by atoms with Gasteiger partial charge in [-0.3, -0.25) is 9.69 Å². The van der Waals surface area contributed by atoms with Gasteiger partial charge in [-0.15, -0.1) is 0 Å². The second kappa shape index (κ2) is 8.03. The maximum absolute atomic E-state index is 11.5. The third-order valence-electron chi connectivity index (χ3n) is 6.30. The number of carboxylic acids is 1. The van der Waals surface area contributed by atoms with Gasteiger partial charge in [0.15, 0.2) is 11.9 Å². The van der Waals surface area contributed by atoms with Crippen LogP contribution < -0.4 is 9.47 Å². The first-order valence-electron chi connectivity index (χ1n) is 10.2. The molecule has 0 amide bonds. The van der Waals surface area contributed by atoms with Crippen molar-refractivity contribution in [2.24, 2.45) is 11.3 Å². The zero-order chi connectivity index (χ0) is 20.4. The number of hydrogen-bond donors (Lipinski definition) is 1. The highest BCUT2D eigenvalue weighted by atomic mass is 16.6. The molecule has 154 valence electrons. The quantitative estimate of drug-likeness (QED) is 0.826. The number of pyridine rings is 1. The molecule has 4 rings (SSSR count). The third kappa shape index (κ3) is 4.22. The molecule has 0 radical (unpaired) electrons. The topological polar surface area (TPSA) is 71.9 Å². The number of hydrogen-bond acceptors (Lipinski definition) is 5. The monoisotopic (exact) mass is 396 g/mol. The molecule has 0 saturated carbocycles. The maximum atomic E-state index is 11.5. The van der Waals surface area contributed by atoms with Crippen LogP contribution in [-0.2, 0) is 11.3 Å². The van der Waals surface area contributed by atoms with Crippen molar-refractivity contribution in [3.8, 4) is 11.6 Å². The molecule has 1 aromatic carbocycles. The smallest absolute Gasteiger partial charge is 0.309 e. The lowest BCUT2D eigenvalue weighted by Gasteiger charge is -2.38. The number of rotatable bonds is 5. The molecule has 3 heterocycles. The van der Waals surface area contributed by atoms with Crippen LogP contribution in [0.3, 0.4) is 0 Å². The number of nitrogens with zero attached hydrogens (tertiary/aromatic N) is 2. The fraction of sp³-hybridized carbons (Fsp3) is 0.478. The van der Waals surface area contributed by atoms with Gasteiger partial charge in [0.05, 0.1) is 5.41 Å². The molecule has 6 nitrogen and oxygen atoms in total. The van der Waals surface area contributed by atoms with Crippen molar-refractivity contribution in [3.05, 3.63) is 53.7 Å². The Hall–Kier alpha value is -2.60. The normalized spacial score (nSPS) is 20.4. The Labute approximate surface area is 171 Å². The summed E-state index contributed by atoms with van der Waals surface area (Å²) in [5.41, 5.74) is 1.68. The molecule has 0 bridgehead atoms. The Balaban J connectivity index is 1.32. The minimum absolute atomic E-state index is 0.152. The number of ether oxygens (including phenoxy) is 2. The number of aromatic nitrogens is 1. The van der Waals surface area contributed by atoms with Crippen LogP contribution in [0.15, 0.2) is 42.6 Å². The van der Waals surface area contributed by atoms with Gasteiger partial charge in [0.1, 0.15) is 6.61 Å². The average Bonchev–Trinajstić information content (AvgIpc) is 2.74. The van der Waals surface area contributed by atoms with E-state index in [2.05, 4.69) is 34.1 Å². The van der Waals surface area contributed by atoms with Crippen LogP contribution in [-0.4, -0.2) is 40.7 Å². The van der Waals surface area contributed by atoms with Crippen LogP contribution in [0, 0.1) is 11.3 Å². The van der Waals surface area contributed by atoms with Gasteiger partial charge in [-0.2, -0.15) is 0 Å². The molecule has 1 aromatic heterocycles. The van der Waals surface area contributed by atoms with Gasteiger partial charge in [0.25, 0.3) is 5.88 Å². The zero-order valence-electron chi connectivity index (χ0n) is 17.0. The lowest BCUT2D eigenvalue weighted by molar-refractivity contribution is -0.151. The molecule has 1 unspecified atom stereocenters. The molecule has 2 aliphatic rings. The lowest BCUT2D eigenvalue weighted by Crippen LogP contribution is -2.41. The Morgan fingerprint density at radius 3 is 2.62 bits per heavy atom. The maximum Gasteiger partial charge on any atom is 0.309 e. The zero-order valence-corrected chi connectivity index (χ0v) is 17.0. The van der Waals surface area contributed by atoms with E-state index in [-0.39, 0.29) is 12.0 Å². The van der Waals surface area contributed by atoms with E-state index in [0.717, 1.165) is 38.0 Å². The van der Waals surface area contributed by atoms with Crippen molar-refractivity contribution in [2.45, 2.75) is 39.3 Å². The number of aliphatic carboxylic acids is 1. The molecular formula is C23H28N2O4. The molecule has 29 heavy (non-hydrogen) atoms. The summed E-state index contributed by atoms with van der Waals surface area (Å²) in [6.07, 6.45) is 3.41. The third-order valence-corrected chi connectivity index (χ3v) is 6.30. The second-order valence-electron chi connectivity index (χ2n) is 8.54. The molecule has 2 aromatic rings. The summed E-state index contributed by atoms with van der Waals surface area (Å²) in [6.45, 7) is 6.92. The summed E-state index contributed by atoms with van der Waals surface area (Å²) < 4.78 is 11.7. The Bertz CT molecular complexity index is 857. The van der Waals surface area contributed by atoms with Gasteiger partial charge < -0.3 is 14.6 Å². The van der Waals surface area contributed by atoms with Crippen LogP contribution >= 0.6 is 0 Å². The predicted molar refractivity (Wildman–Crippen MR) is 109 cm³/mol. The number of likely N-dealkylation sites (tertiary alicyclic amines) is 1. The van der Waals surface area contributed by atoms with Crippen molar-refractivity contribution >= 4 is 5.97 Å². The Morgan fingerprint density at radius 2 is 1.93 bits per heavy atom. The van der Waals surface area contributed by atoms with E-state index in [1.54, 1.807) is 6.20 Å². The van der Waals surface area contributed by atoms with Crippen LogP contribution in [0.1, 0.15) is 43.9 Å². The second-order valence-corrected chi connectivity index (χ2v) is 8.54. The molecule has 1 atom stereocenters. The molecule has 1 fully saturated rings. The van der Waals surface area contributed by atoms with Gasteiger partial charge >= 0.3 is 5.97 Å². The predicted octanol–water partition coefficient (Wildman–Crippen LogP) is 3.92. The van der Waals surface area contributed by atoms with Gasteiger partial charge in [-0.05, 0) is 69.0 Å². The number of piperidine rings is 1.